The third-order valence-corrected chi connectivity index (χ3v) is 6.57. The summed E-state index contributed by atoms with van der Waals surface area (Å²) in [5, 5.41) is 14.6. The molecule has 1 aliphatic carbocycles. The van der Waals surface area contributed by atoms with Crippen molar-refractivity contribution in [1.29, 1.82) is 0 Å². The van der Waals surface area contributed by atoms with Crippen molar-refractivity contribution in [1.82, 2.24) is 10.6 Å². The van der Waals surface area contributed by atoms with Crippen LogP contribution in [0.3, 0.4) is 0 Å². The van der Waals surface area contributed by atoms with Crippen LogP contribution in [0.5, 0.6) is 0 Å². The first-order valence-corrected chi connectivity index (χ1v) is 12.5. The second kappa shape index (κ2) is 11.7. The van der Waals surface area contributed by atoms with E-state index >= 15 is 0 Å². The fourth-order valence-corrected chi connectivity index (χ4v) is 4.53. The van der Waals surface area contributed by atoms with E-state index in [2.05, 4.69) is 34.9 Å². The second-order valence-electron chi connectivity index (χ2n) is 7.99. The van der Waals surface area contributed by atoms with Crippen molar-refractivity contribution in [2.45, 2.75) is 31.7 Å². The first-order chi connectivity index (χ1) is 16.0. The number of hydrogen-bond donors (Lipinski definition) is 3. The van der Waals surface area contributed by atoms with Gasteiger partial charge in [-0.1, -0.05) is 55.5 Å². The Bertz CT molecular complexity index is 951. The van der Waals surface area contributed by atoms with Gasteiger partial charge in [-0.25, -0.2) is 9.59 Å². The van der Waals surface area contributed by atoms with Gasteiger partial charge in [0, 0.05) is 12.5 Å². The monoisotopic (exact) mass is 470 g/mol. The summed E-state index contributed by atoms with van der Waals surface area (Å²) < 4.78 is 5.51. The lowest BCUT2D eigenvalue weighted by molar-refractivity contribution is -0.142. The maximum Gasteiger partial charge on any atom is 0.407 e. The van der Waals surface area contributed by atoms with Gasteiger partial charge >= 0.3 is 12.1 Å². The van der Waals surface area contributed by atoms with Gasteiger partial charge in [0.05, 0.1) is 5.92 Å². The van der Waals surface area contributed by atoms with E-state index in [0.717, 1.165) is 22.3 Å². The van der Waals surface area contributed by atoms with Gasteiger partial charge in [-0.05, 0) is 47.1 Å². The van der Waals surface area contributed by atoms with Crippen molar-refractivity contribution < 1.29 is 24.2 Å². The van der Waals surface area contributed by atoms with E-state index in [-0.39, 0.29) is 25.0 Å². The van der Waals surface area contributed by atoms with Crippen LogP contribution in [0.2, 0.25) is 0 Å². The molecule has 1 unspecified atom stereocenters. The van der Waals surface area contributed by atoms with E-state index in [1.165, 1.54) is 11.8 Å². The number of hydrogen-bond acceptors (Lipinski definition) is 5. The highest BCUT2D eigenvalue weighted by atomic mass is 32.2. The van der Waals surface area contributed by atoms with Crippen LogP contribution >= 0.6 is 11.8 Å². The molecule has 0 saturated heterocycles. The van der Waals surface area contributed by atoms with Crippen molar-refractivity contribution >= 4 is 29.7 Å². The molecule has 3 rings (SSSR count). The molecule has 33 heavy (non-hydrogen) atoms. The maximum atomic E-state index is 12.5. The Labute approximate surface area is 198 Å². The lowest BCUT2D eigenvalue weighted by Crippen LogP contribution is -2.46. The average Bonchev–Trinajstić information content (AvgIpc) is 3.14. The summed E-state index contributed by atoms with van der Waals surface area (Å²) in [7, 11) is 0. The zero-order chi connectivity index (χ0) is 23.8. The van der Waals surface area contributed by atoms with Crippen molar-refractivity contribution in [2.24, 2.45) is 5.92 Å². The van der Waals surface area contributed by atoms with Crippen LogP contribution in [-0.2, 0) is 14.3 Å². The Morgan fingerprint density at radius 1 is 1.06 bits per heavy atom. The van der Waals surface area contributed by atoms with E-state index in [1.807, 2.05) is 37.4 Å². The second-order valence-corrected chi connectivity index (χ2v) is 8.98. The summed E-state index contributed by atoms with van der Waals surface area (Å²) in [6.45, 7) is 2.09. The number of carbonyl (C=O) groups excluding carboxylic acids is 2. The van der Waals surface area contributed by atoms with Gasteiger partial charge in [-0.15, -0.1) is 0 Å². The number of carbonyl (C=O) groups is 3. The molecule has 0 saturated carbocycles. The quantitative estimate of drug-likeness (QED) is 0.460. The first-order valence-electron chi connectivity index (χ1n) is 11.1. The molecule has 0 aliphatic heterocycles. The standard InChI is InChI=1S/C25H30N2O5S/c1-3-16(23(28)27-22(24(29)30)12-13-33-2)14-26-25(31)32-15-21-19-10-6-4-8-17(19)18-9-5-7-11-20(18)21/h4-11,16,21-22H,3,12-15H2,1-2H3,(H,26,31)(H,27,28)(H,29,30)/t16?,22-/m1/s1. The Balaban J connectivity index is 1.53. The molecule has 0 spiro atoms. The molecule has 2 amide bonds. The van der Waals surface area contributed by atoms with Crippen LogP contribution in [0, 0.1) is 5.92 Å². The largest absolute Gasteiger partial charge is 0.480 e. The summed E-state index contributed by atoms with van der Waals surface area (Å²) in [6, 6.07) is 15.3. The van der Waals surface area contributed by atoms with Gasteiger partial charge in [-0.2, -0.15) is 11.8 Å². The highest BCUT2D eigenvalue weighted by molar-refractivity contribution is 7.98. The molecule has 176 valence electrons. The normalized spacial score (nSPS) is 14.0. The number of amides is 2. The van der Waals surface area contributed by atoms with Crippen molar-refractivity contribution in [3.8, 4) is 11.1 Å². The predicted octanol–water partition coefficient (Wildman–Crippen LogP) is 3.87. The molecule has 0 aromatic heterocycles. The number of aliphatic carboxylic acids is 1. The number of carboxylic acids is 1. The van der Waals surface area contributed by atoms with E-state index < -0.39 is 24.0 Å². The lowest BCUT2D eigenvalue weighted by atomic mass is 9.98. The van der Waals surface area contributed by atoms with Gasteiger partial charge in [0.2, 0.25) is 5.91 Å². The summed E-state index contributed by atoms with van der Waals surface area (Å²) >= 11 is 1.52. The number of benzene rings is 2. The first kappa shape index (κ1) is 24.6. The molecule has 0 fully saturated rings. The SMILES string of the molecule is CCC(CNC(=O)OCC1c2ccccc2-c2ccccc21)C(=O)N[C@H](CCSC)C(=O)O. The van der Waals surface area contributed by atoms with Crippen molar-refractivity contribution in [3.05, 3.63) is 59.7 Å². The van der Waals surface area contributed by atoms with Crippen molar-refractivity contribution in [2.75, 3.05) is 25.2 Å². The minimum absolute atomic E-state index is 0.0406. The third-order valence-electron chi connectivity index (χ3n) is 5.93. The Kier molecular flexibility index (Phi) is 8.77. The third kappa shape index (κ3) is 6.07. The molecule has 2 atom stereocenters. The van der Waals surface area contributed by atoms with E-state index in [0.29, 0.717) is 18.6 Å². The number of rotatable bonds is 11. The van der Waals surface area contributed by atoms with Crippen LogP contribution in [0.15, 0.2) is 48.5 Å². The maximum absolute atomic E-state index is 12.5. The number of ether oxygens (including phenoxy) is 1. The Hall–Kier alpha value is -3.00. The summed E-state index contributed by atoms with van der Waals surface area (Å²) in [5.74, 6) is -1.39. The van der Waals surface area contributed by atoms with Crippen LogP contribution in [0.4, 0.5) is 4.79 Å². The van der Waals surface area contributed by atoms with Crippen LogP contribution in [0.1, 0.15) is 36.8 Å². The number of carboxylic acid groups (broad SMARTS) is 1. The van der Waals surface area contributed by atoms with E-state index in [4.69, 9.17) is 4.74 Å². The molecule has 3 N–H and O–H groups in total. The molecule has 7 nitrogen and oxygen atoms in total. The predicted molar refractivity (Wildman–Crippen MR) is 129 cm³/mol. The zero-order valence-corrected chi connectivity index (χ0v) is 19.7. The summed E-state index contributed by atoms with van der Waals surface area (Å²) in [5.41, 5.74) is 4.56. The highest BCUT2D eigenvalue weighted by Gasteiger charge is 2.29. The van der Waals surface area contributed by atoms with Gasteiger partial charge in [0.15, 0.2) is 0 Å². The molecule has 0 bridgehead atoms. The van der Waals surface area contributed by atoms with E-state index in [9.17, 15) is 19.5 Å². The van der Waals surface area contributed by atoms with E-state index in [1.54, 1.807) is 0 Å². The minimum Gasteiger partial charge on any atom is -0.480 e. The minimum atomic E-state index is -1.06. The fraction of sp³-hybridized carbons (Fsp3) is 0.400. The zero-order valence-electron chi connectivity index (χ0n) is 18.9. The van der Waals surface area contributed by atoms with Gasteiger partial charge < -0.3 is 20.5 Å². The fourth-order valence-electron chi connectivity index (χ4n) is 4.06. The molecule has 0 radical (unpaired) electrons. The topological polar surface area (TPSA) is 105 Å². The lowest BCUT2D eigenvalue weighted by Gasteiger charge is -2.20. The number of fused-ring (bicyclic) bond motifs is 3. The average molecular weight is 471 g/mol. The van der Waals surface area contributed by atoms with Crippen LogP contribution in [-0.4, -0.2) is 54.3 Å². The number of alkyl carbamates (subject to hydrolysis) is 1. The molecule has 8 heteroatoms. The number of nitrogens with one attached hydrogen (secondary N) is 2. The van der Waals surface area contributed by atoms with Crippen molar-refractivity contribution in [3.63, 3.8) is 0 Å². The van der Waals surface area contributed by atoms with Crippen LogP contribution < -0.4 is 10.6 Å². The molecule has 2 aromatic carbocycles. The summed E-state index contributed by atoms with van der Waals surface area (Å²) in [4.78, 5) is 36.3. The van der Waals surface area contributed by atoms with Gasteiger partial charge in [0.25, 0.3) is 0 Å². The van der Waals surface area contributed by atoms with Gasteiger partial charge in [-0.3, -0.25) is 4.79 Å². The van der Waals surface area contributed by atoms with Gasteiger partial charge in [0.1, 0.15) is 12.6 Å². The van der Waals surface area contributed by atoms with Crippen LogP contribution in [0.25, 0.3) is 11.1 Å². The Morgan fingerprint density at radius 3 is 2.21 bits per heavy atom. The summed E-state index contributed by atoms with van der Waals surface area (Å²) in [6.07, 6.45) is 2.09. The smallest absolute Gasteiger partial charge is 0.407 e. The molecule has 0 heterocycles. The Morgan fingerprint density at radius 2 is 1.67 bits per heavy atom. The highest BCUT2D eigenvalue weighted by Crippen LogP contribution is 2.44. The molecule has 2 aromatic rings. The number of thioether (sulfide) groups is 1. The molecular formula is C25H30N2O5S. The molecule has 1 aliphatic rings. The molecular weight excluding hydrogens is 440 g/mol.